The fourth-order valence-corrected chi connectivity index (χ4v) is 4.65. The fourth-order valence-electron chi connectivity index (χ4n) is 3.13. The summed E-state index contributed by atoms with van der Waals surface area (Å²) in [6.07, 6.45) is 2.19. The van der Waals surface area contributed by atoms with E-state index in [-0.39, 0.29) is 23.2 Å². The molecule has 0 spiro atoms. The van der Waals surface area contributed by atoms with Gasteiger partial charge in [0.2, 0.25) is 5.91 Å². The number of unbranched alkanes of at least 4 members (excludes halogenated alkanes) is 1. The molecule has 1 atom stereocenters. The molecule has 9 nitrogen and oxygen atoms in total. The van der Waals surface area contributed by atoms with Crippen molar-refractivity contribution in [2.75, 3.05) is 0 Å². The normalized spacial score (nSPS) is 17.0. The third kappa shape index (κ3) is 4.56. The number of sulfonamides is 1. The lowest BCUT2D eigenvalue weighted by Gasteiger charge is -2.14. The largest absolute Gasteiger partial charge is 0.347 e. The van der Waals surface area contributed by atoms with Crippen LogP contribution >= 0.6 is 12.2 Å². The molecule has 0 saturated carbocycles. The van der Waals surface area contributed by atoms with E-state index in [0.29, 0.717) is 29.1 Å². The Morgan fingerprint density at radius 2 is 2.10 bits per heavy atom. The number of carbonyl (C=O) groups excluding carboxylic acids is 1. The van der Waals surface area contributed by atoms with Gasteiger partial charge in [0.15, 0.2) is 10.6 Å². The second-order valence-electron chi connectivity index (χ2n) is 6.64. The fraction of sp³-hybridized carbons (Fsp3) is 0.444. The van der Waals surface area contributed by atoms with Gasteiger partial charge < -0.3 is 9.88 Å². The number of nitrogens with zero attached hydrogens (tertiary/aromatic N) is 3. The number of rotatable bonds is 8. The Balaban J connectivity index is 1.82. The number of amides is 1. The topological polar surface area (TPSA) is 121 Å². The highest BCUT2D eigenvalue weighted by Gasteiger charge is 2.31. The number of fused-ring (bicyclic) bond motifs is 1. The van der Waals surface area contributed by atoms with Gasteiger partial charge in [-0.2, -0.15) is 5.10 Å². The Morgan fingerprint density at radius 3 is 2.83 bits per heavy atom. The first-order valence-corrected chi connectivity index (χ1v) is 11.4. The van der Waals surface area contributed by atoms with Gasteiger partial charge in [-0.1, -0.05) is 31.9 Å². The van der Waals surface area contributed by atoms with Gasteiger partial charge in [0.1, 0.15) is 11.9 Å². The molecule has 1 aromatic carbocycles. The van der Waals surface area contributed by atoms with Gasteiger partial charge in [0.05, 0.1) is 11.4 Å². The highest BCUT2D eigenvalue weighted by atomic mass is 32.2. The highest BCUT2D eigenvalue weighted by molar-refractivity contribution is 7.90. The van der Waals surface area contributed by atoms with E-state index in [9.17, 15) is 13.2 Å². The summed E-state index contributed by atoms with van der Waals surface area (Å²) < 4.78 is 29.3. The first-order valence-electron chi connectivity index (χ1n) is 9.49. The Hall–Kier alpha value is -2.53. The summed E-state index contributed by atoms with van der Waals surface area (Å²) >= 11 is 5.16. The summed E-state index contributed by atoms with van der Waals surface area (Å²) in [4.78, 5) is 17.5. The molecule has 3 N–H and O–H groups in total. The highest BCUT2D eigenvalue weighted by Crippen LogP contribution is 2.23. The van der Waals surface area contributed by atoms with Crippen molar-refractivity contribution in [3.63, 3.8) is 0 Å². The predicted octanol–water partition coefficient (Wildman–Crippen LogP) is 1.87. The number of nitrogens with one attached hydrogen (secondary N) is 3. The van der Waals surface area contributed by atoms with Gasteiger partial charge in [0.25, 0.3) is 10.0 Å². The third-order valence-corrected chi connectivity index (χ3v) is 6.36. The van der Waals surface area contributed by atoms with Gasteiger partial charge in [-0.25, -0.2) is 8.42 Å². The molecule has 1 amide bonds. The van der Waals surface area contributed by atoms with Crippen molar-refractivity contribution in [1.82, 2.24) is 24.8 Å². The Bertz CT molecular complexity index is 1090. The van der Waals surface area contributed by atoms with Crippen LogP contribution in [0.25, 0.3) is 0 Å². The first-order chi connectivity index (χ1) is 13.9. The van der Waals surface area contributed by atoms with Crippen LogP contribution in [0.5, 0.6) is 0 Å². The lowest BCUT2D eigenvalue weighted by atomic mass is 10.1. The predicted molar refractivity (Wildman–Crippen MR) is 112 cm³/mol. The van der Waals surface area contributed by atoms with Crippen molar-refractivity contribution in [1.29, 1.82) is 0 Å². The number of H-pyrrole nitrogens is 1. The first kappa shape index (κ1) is 21.2. The van der Waals surface area contributed by atoms with Gasteiger partial charge >= 0.3 is 0 Å². The van der Waals surface area contributed by atoms with E-state index < -0.39 is 16.1 Å². The zero-order valence-corrected chi connectivity index (χ0v) is 17.9. The molecule has 2 heterocycles. The minimum absolute atomic E-state index is 0.173. The van der Waals surface area contributed by atoms with E-state index in [1.807, 2.05) is 13.8 Å². The second-order valence-corrected chi connectivity index (χ2v) is 8.68. The molecule has 156 valence electrons. The molecule has 0 fully saturated rings. The monoisotopic (exact) mass is 436 g/mol. The third-order valence-electron chi connectivity index (χ3n) is 4.66. The van der Waals surface area contributed by atoms with Crippen LogP contribution in [0.4, 0.5) is 0 Å². The zero-order valence-electron chi connectivity index (χ0n) is 16.3. The summed E-state index contributed by atoms with van der Waals surface area (Å²) in [5.74, 6) is 0.541. The van der Waals surface area contributed by atoms with Crippen LogP contribution in [0.1, 0.15) is 44.5 Å². The number of hydrogen-bond acceptors (Lipinski definition) is 6. The minimum atomic E-state index is -3.65. The molecule has 0 bridgehead atoms. The number of aliphatic imine (C=N–C) groups is 1. The summed E-state index contributed by atoms with van der Waals surface area (Å²) in [6.45, 7) is 4.81. The maximum Gasteiger partial charge on any atom is 0.263 e. The maximum absolute atomic E-state index is 12.8. The van der Waals surface area contributed by atoms with Crippen LogP contribution in [0.2, 0.25) is 0 Å². The molecular formula is C18H24N6O3S2. The molecule has 29 heavy (non-hydrogen) atoms. The minimum Gasteiger partial charge on any atom is -0.347 e. The van der Waals surface area contributed by atoms with E-state index in [1.54, 1.807) is 22.8 Å². The standard InChI is InChI=1S/C18H24N6O3S2/c1-3-5-9-13(17(25)19-11-15-21-22-18(28)24(15)4-2)20-16-12-8-6-7-10-14(12)29(26,27)23-16/h6-8,10,13H,3-5,9,11H2,1-2H3,(H,19,25)(H,20,23)(H,22,28). The molecule has 2 aromatic rings. The van der Waals surface area contributed by atoms with Gasteiger partial charge in [-0.05, 0) is 37.7 Å². The van der Waals surface area contributed by atoms with Crippen molar-refractivity contribution >= 4 is 34.0 Å². The SMILES string of the molecule is CCCCC(N=C1NS(=O)(=O)c2ccccc21)C(=O)NCc1n[nH]c(=S)n1CC. The van der Waals surface area contributed by atoms with Crippen LogP contribution < -0.4 is 10.0 Å². The van der Waals surface area contributed by atoms with Crippen LogP contribution in [-0.4, -0.2) is 41.0 Å². The molecule has 3 rings (SSSR count). The van der Waals surface area contributed by atoms with Crippen molar-refractivity contribution in [2.45, 2.75) is 57.1 Å². The average Bonchev–Trinajstić information content (AvgIpc) is 3.19. The van der Waals surface area contributed by atoms with Crippen LogP contribution in [0.15, 0.2) is 34.2 Å². The number of hydrogen-bond donors (Lipinski definition) is 3. The van der Waals surface area contributed by atoms with E-state index in [2.05, 4.69) is 25.2 Å². The maximum atomic E-state index is 12.8. The number of amidine groups is 1. The van der Waals surface area contributed by atoms with Crippen LogP contribution in [0.3, 0.4) is 0 Å². The molecule has 0 radical (unpaired) electrons. The Labute approximate surface area is 174 Å². The average molecular weight is 437 g/mol. The van der Waals surface area contributed by atoms with Crippen LogP contribution in [0, 0.1) is 4.77 Å². The molecule has 1 aliphatic heterocycles. The van der Waals surface area contributed by atoms with Crippen LogP contribution in [-0.2, 0) is 27.9 Å². The summed E-state index contributed by atoms with van der Waals surface area (Å²) in [5, 5.41) is 9.69. The summed E-state index contributed by atoms with van der Waals surface area (Å²) in [6, 6.07) is 5.89. The lowest BCUT2D eigenvalue weighted by molar-refractivity contribution is -0.122. The number of carbonyl (C=O) groups is 1. The second kappa shape index (κ2) is 8.87. The molecule has 1 aliphatic rings. The number of benzene rings is 1. The smallest absolute Gasteiger partial charge is 0.263 e. The number of aromatic amines is 1. The molecule has 0 aliphatic carbocycles. The van der Waals surface area contributed by atoms with Gasteiger partial charge in [-0.3, -0.25) is 19.6 Å². The number of aromatic nitrogens is 3. The van der Waals surface area contributed by atoms with E-state index in [0.717, 1.165) is 12.8 Å². The van der Waals surface area contributed by atoms with Gasteiger partial charge in [0, 0.05) is 12.1 Å². The molecule has 0 saturated heterocycles. The lowest BCUT2D eigenvalue weighted by Crippen LogP contribution is -2.36. The van der Waals surface area contributed by atoms with Crippen molar-refractivity contribution in [3.8, 4) is 0 Å². The van der Waals surface area contributed by atoms with E-state index in [4.69, 9.17) is 12.2 Å². The van der Waals surface area contributed by atoms with Crippen molar-refractivity contribution < 1.29 is 13.2 Å². The summed E-state index contributed by atoms with van der Waals surface area (Å²) in [5.41, 5.74) is 0.480. The van der Waals surface area contributed by atoms with Gasteiger partial charge in [-0.15, -0.1) is 0 Å². The molecule has 1 unspecified atom stereocenters. The molecule has 1 aromatic heterocycles. The van der Waals surface area contributed by atoms with Crippen molar-refractivity contribution in [2.24, 2.45) is 4.99 Å². The quantitative estimate of drug-likeness (QED) is 0.546. The molecule has 11 heteroatoms. The Morgan fingerprint density at radius 1 is 1.34 bits per heavy atom. The van der Waals surface area contributed by atoms with E-state index in [1.165, 1.54) is 6.07 Å². The summed E-state index contributed by atoms with van der Waals surface area (Å²) in [7, 11) is -3.65. The van der Waals surface area contributed by atoms with E-state index >= 15 is 0 Å². The Kier molecular flexibility index (Phi) is 6.48. The van der Waals surface area contributed by atoms with Crippen molar-refractivity contribution in [3.05, 3.63) is 40.4 Å². The molecular weight excluding hydrogens is 412 g/mol. The zero-order chi connectivity index (χ0) is 21.0.